The van der Waals surface area contributed by atoms with Crippen molar-refractivity contribution >= 4 is 35.2 Å². The largest absolute Gasteiger partial charge is 0.495 e. The van der Waals surface area contributed by atoms with Crippen LogP contribution in [-0.4, -0.2) is 45.6 Å². The van der Waals surface area contributed by atoms with Gasteiger partial charge in [-0.1, -0.05) is 72.8 Å². The number of rotatable bonds is 8. The molecule has 0 bridgehead atoms. The number of esters is 1. The minimum atomic E-state index is -1.50. The fourth-order valence-electron chi connectivity index (χ4n) is 4.56. The summed E-state index contributed by atoms with van der Waals surface area (Å²) in [5.74, 6) is -1.67. The number of nitrogens with zero attached hydrogens (tertiary/aromatic N) is 1. The monoisotopic (exact) mass is 545 g/mol. The lowest BCUT2D eigenvalue weighted by Gasteiger charge is -2.46. The molecule has 4 N–H and O–H groups in total. The fourth-order valence-corrected chi connectivity index (χ4v) is 5.98. The van der Waals surface area contributed by atoms with Crippen LogP contribution in [0.25, 0.3) is 0 Å². The number of thioether (sulfide) groups is 1. The van der Waals surface area contributed by atoms with E-state index in [1.165, 1.54) is 29.8 Å². The van der Waals surface area contributed by atoms with Crippen LogP contribution in [0.1, 0.15) is 35.3 Å². The molecular formula is C29H27N3O6S. The van der Waals surface area contributed by atoms with E-state index in [1.54, 1.807) is 18.2 Å². The van der Waals surface area contributed by atoms with Gasteiger partial charge in [-0.05, 0) is 28.8 Å². The molecule has 3 atom stereocenters. The van der Waals surface area contributed by atoms with Gasteiger partial charge in [-0.2, -0.15) is 0 Å². The molecular weight excluding hydrogens is 518 g/mol. The first-order chi connectivity index (χ1) is 18.9. The summed E-state index contributed by atoms with van der Waals surface area (Å²) in [7, 11) is 1.35. The maximum Gasteiger partial charge on any atom is 0.359 e. The Balaban J connectivity index is 1.45. The summed E-state index contributed by atoms with van der Waals surface area (Å²) in [6.45, 7) is 0. The topological polar surface area (TPSA) is 131 Å². The Hall–Kier alpha value is -4.28. The molecule has 5 rings (SSSR count). The Morgan fingerprint density at radius 3 is 2.18 bits per heavy atom. The van der Waals surface area contributed by atoms with Crippen molar-refractivity contribution in [2.24, 2.45) is 0 Å². The lowest BCUT2D eigenvalue weighted by Crippen LogP contribution is -2.58. The number of aliphatic hydroxyl groups is 1. The predicted octanol–water partition coefficient (Wildman–Crippen LogP) is 3.24. The first-order valence-corrected chi connectivity index (χ1v) is 13.2. The van der Waals surface area contributed by atoms with E-state index in [2.05, 4.69) is 5.32 Å². The van der Waals surface area contributed by atoms with E-state index < -0.39 is 34.8 Å². The van der Waals surface area contributed by atoms with Gasteiger partial charge >= 0.3 is 5.97 Å². The van der Waals surface area contributed by atoms with Crippen molar-refractivity contribution in [3.63, 3.8) is 0 Å². The molecule has 10 heteroatoms. The quantitative estimate of drug-likeness (QED) is 0.223. The summed E-state index contributed by atoms with van der Waals surface area (Å²) < 4.78 is 11.6. The fraction of sp³-hybridized carbons (Fsp3) is 0.207. The Kier molecular flexibility index (Phi) is 7.58. The highest BCUT2D eigenvalue weighted by atomic mass is 32.2. The van der Waals surface area contributed by atoms with Crippen LogP contribution in [0.15, 0.2) is 96.4 Å². The highest BCUT2D eigenvalue weighted by Crippen LogP contribution is 2.44. The van der Waals surface area contributed by atoms with Crippen LogP contribution in [0, 0.1) is 0 Å². The van der Waals surface area contributed by atoms with Crippen molar-refractivity contribution in [1.82, 2.24) is 10.2 Å². The zero-order chi connectivity index (χ0) is 27.5. The number of nitrogens with one attached hydrogen (secondary N) is 1. The number of nitrogen functional groups attached to an aromatic ring is 1. The molecule has 0 spiro atoms. The molecule has 2 heterocycles. The first kappa shape index (κ1) is 26.3. The molecule has 2 aliphatic rings. The molecule has 0 radical (unpaired) electrons. The maximum atomic E-state index is 13.7. The van der Waals surface area contributed by atoms with Gasteiger partial charge in [-0.15, -0.1) is 11.8 Å². The van der Waals surface area contributed by atoms with Gasteiger partial charge in [0.05, 0.1) is 18.9 Å². The van der Waals surface area contributed by atoms with Gasteiger partial charge in [0.25, 0.3) is 5.91 Å². The van der Waals surface area contributed by atoms with Crippen molar-refractivity contribution in [1.29, 1.82) is 0 Å². The molecule has 3 aromatic rings. The molecule has 2 amide bonds. The third-order valence-electron chi connectivity index (χ3n) is 6.50. The average molecular weight is 546 g/mol. The zero-order valence-electron chi connectivity index (χ0n) is 21.0. The van der Waals surface area contributed by atoms with Crippen LogP contribution in [0.4, 0.5) is 5.69 Å². The van der Waals surface area contributed by atoms with E-state index in [4.69, 9.17) is 15.2 Å². The number of nitrogens with two attached hydrogens (primary N) is 1. The third kappa shape index (κ3) is 5.34. The van der Waals surface area contributed by atoms with Crippen molar-refractivity contribution in [3.05, 3.63) is 113 Å². The maximum absolute atomic E-state index is 13.7. The molecule has 0 aromatic heterocycles. The van der Waals surface area contributed by atoms with E-state index >= 15 is 0 Å². The molecule has 39 heavy (non-hydrogen) atoms. The summed E-state index contributed by atoms with van der Waals surface area (Å²) in [6, 6.07) is 24.9. The van der Waals surface area contributed by atoms with Crippen molar-refractivity contribution in [3.8, 4) is 0 Å². The lowest BCUT2D eigenvalue weighted by atomic mass is 10.0. The Morgan fingerprint density at radius 1 is 1.00 bits per heavy atom. The number of ether oxygens (including phenoxy) is 2. The van der Waals surface area contributed by atoms with Gasteiger partial charge in [0.2, 0.25) is 5.91 Å². The second kappa shape index (κ2) is 11.2. The van der Waals surface area contributed by atoms with Gasteiger partial charge in [0, 0.05) is 5.69 Å². The number of aliphatic hydroxyl groups excluding tert-OH is 1. The molecule has 200 valence electrons. The zero-order valence-corrected chi connectivity index (χ0v) is 21.8. The summed E-state index contributed by atoms with van der Waals surface area (Å²) in [4.78, 5) is 40.7. The number of methoxy groups -OCH3 is 1. The minimum absolute atomic E-state index is 0.0577. The molecule has 3 aromatic carbocycles. The number of β-lactam (4-membered cyclic amide) rings is 1. The number of hydrogen-bond donors (Lipinski definition) is 3. The van der Waals surface area contributed by atoms with Gasteiger partial charge in [-0.3, -0.25) is 14.5 Å². The second-order valence-electron chi connectivity index (χ2n) is 9.04. The Morgan fingerprint density at radius 2 is 1.62 bits per heavy atom. The van der Waals surface area contributed by atoms with Gasteiger partial charge in [0.15, 0.2) is 23.7 Å². The van der Waals surface area contributed by atoms with E-state index in [0.717, 1.165) is 11.1 Å². The van der Waals surface area contributed by atoms with Crippen LogP contribution in [0.3, 0.4) is 0 Å². The third-order valence-corrected chi connectivity index (χ3v) is 7.80. The van der Waals surface area contributed by atoms with Gasteiger partial charge < -0.3 is 25.6 Å². The smallest absolute Gasteiger partial charge is 0.359 e. The van der Waals surface area contributed by atoms with E-state index in [9.17, 15) is 19.5 Å². The average Bonchev–Trinajstić information content (AvgIpc) is 2.95. The number of amides is 2. The van der Waals surface area contributed by atoms with Crippen molar-refractivity contribution in [2.45, 2.75) is 29.4 Å². The highest BCUT2D eigenvalue weighted by Gasteiger charge is 2.51. The van der Waals surface area contributed by atoms with E-state index in [0.29, 0.717) is 11.3 Å². The van der Waals surface area contributed by atoms with Crippen LogP contribution in [0.2, 0.25) is 0 Å². The van der Waals surface area contributed by atoms with E-state index in [1.807, 2.05) is 60.7 Å². The molecule has 9 nitrogen and oxygen atoms in total. The van der Waals surface area contributed by atoms with Gasteiger partial charge in [-0.25, -0.2) is 4.79 Å². The predicted molar refractivity (Wildman–Crippen MR) is 145 cm³/mol. The highest BCUT2D eigenvalue weighted by molar-refractivity contribution is 8.00. The van der Waals surface area contributed by atoms with Crippen molar-refractivity contribution < 1.29 is 29.0 Å². The summed E-state index contributed by atoms with van der Waals surface area (Å²) in [6.07, 6.45) is -2.05. The summed E-state index contributed by atoms with van der Waals surface area (Å²) in [5.41, 5.74) is 7.96. The lowest BCUT2D eigenvalue weighted by molar-refractivity contribution is -0.152. The molecule has 2 unspecified atom stereocenters. The number of fused-ring (bicyclic) bond motifs is 1. The summed E-state index contributed by atoms with van der Waals surface area (Å²) in [5, 5.41) is 12.1. The second-order valence-corrected chi connectivity index (χ2v) is 10.3. The Labute approximate surface area is 229 Å². The van der Waals surface area contributed by atoms with Crippen LogP contribution in [0.5, 0.6) is 0 Å². The van der Waals surface area contributed by atoms with Crippen LogP contribution < -0.4 is 11.1 Å². The van der Waals surface area contributed by atoms with E-state index in [-0.39, 0.29) is 23.8 Å². The normalized spacial score (nSPS) is 19.2. The number of carbonyl (C=O) groups excluding carboxylic acids is 3. The standard InChI is InChI=1S/C29H27N3O6S/c1-37-26-23(29(36)38-25(17-9-4-2-5-10-17)18-11-6-3-7-12-18)32-21(33)16-22(32)39-28(26)31-27(35)24(34)19-13-8-14-20(30)15-19/h2-15,22,24-25,28,34H,16,30H2,1H3,(H,31,35)/t22-,24?,28?/m0/s1. The molecule has 1 saturated heterocycles. The Bertz CT molecular complexity index is 1380. The van der Waals surface area contributed by atoms with Crippen LogP contribution in [-0.2, 0) is 23.9 Å². The SMILES string of the molecule is COC1=C(C(=O)OC(c2ccccc2)c2ccccc2)N2C(=O)C[C@@H]2SC1NC(=O)C(O)c1cccc(N)c1. The summed E-state index contributed by atoms with van der Waals surface area (Å²) >= 11 is 1.24. The number of benzene rings is 3. The first-order valence-electron chi connectivity index (χ1n) is 12.3. The molecule has 0 aliphatic carbocycles. The minimum Gasteiger partial charge on any atom is -0.495 e. The number of hydrogen-bond acceptors (Lipinski definition) is 8. The number of carbonyl (C=O) groups is 3. The molecule has 1 fully saturated rings. The molecule has 0 saturated carbocycles. The molecule has 2 aliphatic heterocycles. The number of anilines is 1. The van der Waals surface area contributed by atoms with Crippen LogP contribution >= 0.6 is 11.8 Å². The van der Waals surface area contributed by atoms with Crippen molar-refractivity contribution in [2.75, 3.05) is 12.8 Å². The van der Waals surface area contributed by atoms with Gasteiger partial charge in [0.1, 0.15) is 5.37 Å².